The van der Waals surface area contributed by atoms with Crippen molar-refractivity contribution in [2.75, 3.05) is 11.9 Å². The van der Waals surface area contributed by atoms with Crippen molar-refractivity contribution < 1.29 is 5.11 Å². The first-order chi connectivity index (χ1) is 11.5. The summed E-state index contributed by atoms with van der Waals surface area (Å²) in [7, 11) is 0. The van der Waals surface area contributed by atoms with Gasteiger partial charge in [-0.25, -0.2) is 9.97 Å². The van der Waals surface area contributed by atoms with Crippen LogP contribution < -0.4 is 10.2 Å². The Morgan fingerprint density at radius 2 is 2.29 bits per heavy atom. The first-order valence-corrected chi connectivity index (χ1v) is 9.38. The Bertz CT molecular complexity index is 912. The summed E-state index contributed by atoms with van der Waals surface area (Å²) in [5.74, 6) is 1.22. The lowest BCUT2D eigenvalue weighted by Crippen LogP contribution is -2.20. The molecule has 3 aromatic rings. The smallest absolute Gasteiger partial charge is 0.306 e. The second-order valence-corrected chi connectivity index (χ2v) is 7.56. The van der Waals surface area contributed by atoms with E-state index in [2.05, 4.69) is 20.3 Å². The largest absolute Gasteiger partial charge is 0.394 e. The van der Waals surface area contributed by atoms with Crippen LogP contribution >= 0.6 is 34.7 Å². The summed E-state index contributed by atoms with van der Waals surface area (Å²) in [4.78, 5) is 23.0. The molecule has 0 aliphatic rings. The molecular weight excluding hydrogens is 368 g/mol. The van der Waals surface area contributed by atoms with Crippen molar-refractivity contribution in [1.29, 1.82) is 0 Å². The van der Waals surface area contributed by atoms with Gasteiger partial charge in [0, 0.05) is 16.8 Å². The standard InChI is InChI=1S/C15H15ClN4O2S2/c1-8(6-21)17-12-11-13(20-15(22)24-11)19-14(18-12)23-7-9-3-2-4-10(16)5-9/h2-5,8,21H,6-7H2,1H3,(H2,17,18,19,20,22)/t8-/m1/s1. The third-order valence-electron chi connectivity index (χ3n) is 3.17. The number of halogens is 1. The van der Waals surface area contributed by atoms with Crippen molar-refractivity contribution in [2.45, 2.75) is 23.9 Å². The monoisotopic (exact) mass is 382 g/mol. The molecule has 6 nitrogen and oxygen atoms in total. The third kappa shape index (κ3) is 4.07. The Labute approximate surface area is 151 Å². The molecule has 3 rings (SSSR count). The summed E-state index contributed by atoms with van der Waals surface area (Å²) < 4.78 is 0.660. The fourth-order valence-electron chi connectivity index (χ4n) is 2.04. The number of thiazole rings is 1. The van der Waals surface area contributed by atoms with Crippen molar-refractivity contribution in [3.63, 3.8) is 0 Å². The molecule has 0 fully saturated rings. The maximum Gasteiger partial charge on any atom is 0.306 e. The lowest BCUT2D eigenvalue weighted by Gasteiger charge is -2.12. The Kier molecular flexibility index (Phi) is 5.40. The molecule has 0 aliphatic heterocycles. The highest BCUT2D eigenvalue weighted by atomic mass is 35.5. The molecule has 0 amide bonds. The highest BCUT2D eigenvalue weighted by Gasteiger charge is 2.13. The van der Waals surface area contributed by atoms with E-state index in [9.17, 15) is 9.90 Å². The Morgan fingerprint density at radius 3 is 3.04 bits per heavy atom. The van der Waals surface area contributed by atoms with E-state index in [1.54, 1.807) is 0 Å². The summed E-state index contributed by atoms with van der Waals surface area (Å²) >= 11 is 8.50. The van der Waals surface area contributed by atoms with E-state index < -0.39 is 0 Å². The van der Waals surface area contributed by atoms with Crippen molar-refractivity contribution >= 4 is 50.9 Å². The molecule has 1 aromatic carbocycles. The van der Waals surface area contributed by atoms with Gasteiger partial charge in [0.05, 0.1) is 6.61 Å². The first-order valence-electron chi connectivity index (χ1n) is 7.20. The molecule has 2 aromatic heterocycles. The van der Waals surface area contributed by atoms with Crippen LogP contribution in [0, 0.1) is 0 Å². The van der Waals surface area contributed by atoms with Crippen LogP contribution in [0.4, 0.5) is 5.82 Å². The van der Waals surface area contributed by atoms with E-state index in [1.165, 1.54) is 11.8 Å². The summed E-state index contributed by atoms with van der Waals surface area (Å²) in [6.07, 6.45) is 0. The molecule has 1 atom stereocenters. The zero-order valence-corrected chi connectivity index (χ0v) is 15.1. The quantitative estimate of drug-likeness (QED) is 0.448. The van der Waals surface area contributed by atoms with Crippen LogP contribution in [-0.4, -0.2) is 32.7 Å². The molecule has 0 spiro atoms. The van der Waals surface area contributed by atoms with Gasteiger partial charge in [0.2, 0.25) is 0 Å². The van der Waals surface area contributed by atoms with Gasteiger partial charge in [0.1, 0.15) is 4.70 Å². The van der Waals surface area contributed by atoms with Gasteiger partial charge in [-0.1, -0.05) is 46.8 Å². The predicted molar refractivity (Wildman–Crippen MR) is 99.2 cm³/mol. The minimum atomic E-state index is -0.184. The Morgan fingerprint density at radius 1 is 1.46 bits per heavy atom. The van der Waals surface area contributed by atoms with Crippen molar-refractivity contribution in [1.82, 2.24) is 15.0 Å². The summed E-state index contributed by atoms with van der Waals surface area (Å²) in [5.41, 5.74) is 1.56. The number of aromatic amines is 1. The number of thioether (sulfide) groups is 1. The van der Waals surface area contributed by atoms with Crippen molar-refractivity contribution in [3.8, 4) is 0 Å². The average Bonchev–Trinajstić information content (AvgIpc) is 2.93. The van der Waals surface area contributed by atoms with Crippen molar-refractivity contribution in [2.24, 2.45) is 0 Å². The molecule has 0 unspecified atom stereocenters. The zero-order chi connectivity index (χ0) is 17.1. The average molecular weight is 383 g/mol. The summed E-state index contributed by atoms with van der Waals surface area (Å²) in [6.45, 7) is 1.80. The van der Waals surface area contributed by atoms with Gasteiger partial charge in [0.25, 0.3) is 0 Å². The Hall–Kier alpha value is -1.61. The van der Waals surface area contributed by atoms with Crippen LogP contribution in [0.2, 0.25) is 5.02 Å². The number of hydrogen-bond donors (Lipinski definition) is 3. The van der Waals surface area contributed by atoms with Crippen molar-refractivity contribution in [3.05, 3.63) is 44.5 Å². The van der Waals surface area contributed by atoms with Crippen LogP contribution in [-0.2, 0) is 5.75 Å². The van der Waals surface area contributed by atoms with Crippen LogP contribution in [0.15, 0.2) is 34.2 Å². The van der Waals surface area contributed by atoms with E-state index >= 15 is 0 Å². The van der Waals surface area contributed by atoms with E-state index in [1.807, 2.05) is 31.2 Å². The molecule has 24 heavy (non-hydrogen) atoms. The maximum atomic E-state index is 11.6. The molecule has 0 saturated carbocycles. The highest BCUT2D eigenvalue weighted by molar-refractivity contribution is 7.98. The number of benzene rings is 1. The molecule has 9 heteroatoms. The topological polar surface area (TPSA) is 90.9 Å². The number of hydrogen-bond acceptors (Lipinski definition) is 7. The second kappa shape index (κ2) is 7.52. The summed E-state index contributed by atoms with van der Waals surface area (Å²) in [5, 5.41) is 13.6. The van der Waals surface area contributed by atoms with Crippen LogP contribution in [0.25, 0.3) is 10.3 Å². The van der Waals surface area contributed by atoms with Crippen LogP contribution in [0.1, 0.15) is 12.5 Å². The molecule has 0 bridgehead atoms. The number of H-pyrrole nitrogens is 1. The normalized spacial score (nSPS) is 12.5. The number of nitrogens with zero attached hydrogens (tertiary/aromatic N) is 2. The molecule has 0 aliphatic carbocycles. The fourth-order valence-corrected chi connectivity index (χ4v) is 3.77. The van der Waals surface area contributed by atoms with Gasteiger partial charge < -0.3 is 10.4 Å². The Balaban J connectivity index is 1.88. The third-order valence-corrected chi connectivity index (χ3v) is 5.21. The van der Waals surface area contributed by atoms with Gasteiger partial charge >= 0.3 is 4.87 Å². The zero-order valence-electron chi connectivity index (χ0n) is 12.7. The maximum absolute atomic E-state index is 11.6. The molecule has 2 heterocycles. The molecule has 3 N–H and O–H groups in total. The van der Waals surface area contributed by atoms with Gasteiger partial charge in [-0.2, -0.15) is 0 Å². The second-order valence-electron chi connectivity index (χ2n) is 5.19. The molecule has 0 radical (unpaired) electrons. The highest BCUT2D eigenvalue weighted by Crippen LogP contribution is 2.27. The van der Waals surface area contributed by atoms with E-state index in [0.717, 1.165) is 16.9 Å². The SMILES string of the molecule is C[C@H](CO)Nc1nc(SCc2cccc(Cl)c2)nc2[nH]c(=O)sc12. The van der Waals surface area contributed by atoms with Crippen LogP contribution in [0.3, 0.4) is 0 Å². The molecule has 0 saturated heterocycles. The van der Waals surface area contributed by atoms with Crippen LogP contribution in [0.5, 0.6) is 0 Å². The lowest BCUT2D eigenvalue weighted by molar-refractivity contribution is 0.281. The number of nitrogens with one attached hydrogen (secondary N) is 2. The molecule has 126 valence electrons. The lowest BCUT2D eigenvalue weighted by atomic mass is 10.2. The minimum absolute atomic E-state index is 0.0319. The number of rotatable bonds is 6. The number of anilines is 1. The molecular formula is C15H15ClN4O2S2. The van der Waals surface area contributed by atoms with E-state index in [4.69, 9.17) is 11.6 Å². The number of fused-ring (bicyclic) bond motifs is 1. The van der Waals surface area contributed by atoms with Gasteiger partial charge in [0.15, 0.2) is 16.6 Å². The van der Waals surface area contributed by atoms with E-state index in [0.29, 0.717) is 32.1 Å². The first kappa shape index (κ1) is 17.2. The number of aromatic nitrogens is 3. The minimum Gasteiger partial charge on any atom is -0.394 e. The van der Waals surface area contributed by atoms with Gasteiger partial charge in [-0.3, -0.25) is 9.78 Å². The van der Waals surface area contributed by atoms with Gasteiger partial charge in [-0.05, 0) is 24.6 Å². The number of aliphatic hydroxyl groups excluding tert-OH is 1. The number of aliphatic hydroxyl groups is 1. The summed E-state index contributed by atoms with van der Waals surface area (Å²) in [6, 6.07) is 7.43. The fraction of sp³-hybridized carbons (Fsp3) is 0.267. The predicted octanol–water partition coefficient (Wildman–Crippen LogP) is 3.12. The van der Waals surface area contributed by atoms with E-state index in [-0.39, 0.29) is 17.5 Å². The van der Waals surface area contributed by atoms with Gasteiger partial charge in [-0.15, -0.1) is 0 Å².